The van der Waals surface area contributed by atoms with Gasteiger partial charge in [0.25, 0.3) is 0 Å². The zero-order valence-electron chi connectivity index (χ0n) is 8.80. The third kappa shape index (κ3) is 3.06. The normalized spacial score (nSPS) is 22.8. The van der Waals surface area contributed by atoms with Gasteiger partial charge in [0, 0.05) is 0 Å². The summed E-state index contributed by atoms with van der Waals surface area (Å²) in [7, 11) is 0. The van der Waals surface area contributed by atoms with Crippen molar-refractivity contribution in [2.45, 2.75) is 27.2 Å². The number of allylic oxidation sites excluding steroid dienone is 7. The van der Waals surface area contributed by atoms with Crippen molar-refractivity contribution in [3.63, 3.8) is 0 Å². The average molecular weight is 174 g/mol. The maximum absolute atomic E-state index is 3.85. The molecule has 0 bridgehead atoms. The number of rotatable bonds is 2. The van der Waals surface area contributed by atoms with Crippen LogP contribution in [0.25, 0.3) is 0 Å². The SMILES string of the molecule is C=C(C)/C=C\C1=C(C)CC(C)C=C1. The molecule has 0 spiro atoms. The van der Waals surface area contributed by atoms with Gasteiger partial charge in [-0.2, -0.15) is 0 Å². The minimum Gasteiger partial charge on any atom is -0.0961 e. The molecule has 0 heterocycles. The fourth-order valence-corrected chi connectivity index (χ4v) is 1.51. The van der Waals surface area contributed by atoms with Crippen LogP contribution in [0.1, 0.15) is 27.2 Å². The second-order valence-corrected chi connectivity index (χ2v) is 3.96. The lowest BCUT2D eigenvalue weighted by Crippen LogP contribution is -1.98. The first kappa shape index (κ1) is 10.0. The fraction of sp³-hybridized carbons (Fsp3) is 0.385. The minimum absolute atomic E-state index is 0.696. The van der Waals surface area contributed by atoms with Crippen molar-refractivity contribution in [1.82, 2.24) is 0 Å². The predicted octanol–water partition coefficient (Wildman–Crippen LogP) is 4.03. The van der Waals surface area contributed by atoms with E-state index in [1.54, 1.807) is 0 Å². The van der Waals surface area contributed by atoms with Crippen LogP contribution in [-0.4, -0.2) is 0 Å². The Morgan fingerprint density at radius 3 is 2.85 bits per heavy atom. The molecule has 0 aromatic heterocycles. The molecular weight excluding hydrogens is 156 g/mol. The van der Waals surface area contributed by atoms with E-state index in [9.17, 15) is 0 Å². The molecular formula is C13H18. The van der Waals surface area contributed by atoms with Crippen molar-refractivity contribution >= 4 is 0 Å². The highest BCUT2D eigenvalue weighted by Crippen LogP contribution is 2.23. The van der Waals surface area contributed by atoms with Crippen LogP contribution in [0.3, 0.4) is 0 Å². The van der Waals surface area contributed by atoms with Crippen molar-refractivity contribution in [2.75, 3.05) is 0 Å². The molecule has 13 heavy (non-hydrogen) atoms. The lowest BCUT2D eigenvalue weighted by atomic mass is 9.91. The highest BCUT2D eigenvalue weighted by atomic mass is 14.1. The summed E-state index contributed by atoms with van der Waals surface area (Å²) in [6, 6.07) is 0. The van der Waals surface area contributed by atoms with E-state index in [2.05, 4.69) is 44.7 Å². The Hall–Kier alpha value is -1.04. The molecule has 1 unspecified atom stereocenters. The summed E-state index contributed by atoms with van der Waals surface area (Å²) in [4.78, 5) is 0. The lowest BCUT2D eigenvalue weighted by molar-refractivity contribution is 0.703. The van der Waals surface area contributed by atoms with Crippen LogP contribution in [0.15, 0.2) is 47.6 Å². The molecule has 0 aliphatic heterocycles. The molecule has 0 N–H and O–H groups in total. The van der Waals surface area contributed by atoms with Crippen molar-refractivity contribution < 1.29 is 0 Å². The summed E-state index contributed by atoms with van der Waals surface area (Å²) in [5.74, 6) is 0.696. The molecule has 1 atom stereocenters. The van der Waals surface area contributed by atoms with E-state index in [0.29, 0.717) is 5.92 Å². The van der Waals surface area contributed by atoms with Gasteiger partial charge in [-0.05, 0) is 31.8 Å². The Morgan fingerprint density at radius 2 is 2.31 bits per heavy atom. The van der Waals surface area contributed by atoms with Crippen LogP contribution in [0, 0.1) is 5.92 Å². The zero-order chi connectivity index (χ0) is 9.84. The summed E-state index contributed by atoms with van der Waals surface area (Å²) in [6.45, 7) is 10.3. The van der Waals surface area contributed by atoms with Crippen LogP contribution < -0.4 is 0 Å². The van der Waals surface area contributed by atoms with Crippen molar-refractivity contribution in [1.29, 1.82) is 0 Å². The maximum Gasteiger partial charge on any atom is -0.0221 e. The highest BCUT2D eigenvalue weighted by Gasteiger charge is 2.06. The Bertz CT molecular complexity index is 287. The molecule has 0 aromatic rings. The van der Waals surface area contributed by atoms with Crippen LogP contribution in [0.5, 0.6) is 0 Å². The van der Waals surface area contributed by atoms with Gasteiger partial charge < -0.3 is 0 Å². The van der Waals surface area contributed by atoms with E-state index < -0.39 is 0 Å². The Balaban J connectivity index is 2.76. The number of hydrogen-bond acceptors (Lipinski definition) is 0. The minimum atomic E-state index is 0.696. The van der Waals surface area contributed by atoms with Crippen LogP contribution >= 0.6 is 0 Å². The molecule has 0 aromatic carbocycles. The van der Waals surface area contributed by atoms with Crippen molar-refractivity contribution in [2.24, 2.45) is 5.92 Å². The van der Waals surface area contributed by atoms with Crippen LogP contribution in [0.2, 0.25) is 0 Å². The first-order valence-corrected chi connectivity index (χ1v) is 4.81. The van der Waals surface area contributed by atoms with Crippen molar-refractivity contribution in [3.05, 3.63) is 47.6 Å². The standard InChI is InChI=1S/C13H18/c1-10(2)5-7-13-8-6-11(3)9-12(13)4/h5-8,11H,1,9H2,2-4H3/b7-5-. The van der Waals surface area contributed by atoms with E-state index in [1.165, 1.54) is 17.6 Å². The molecule has 0 amide bonds. The molecule has 0 fully saturated rings. The predicted molar refractivity (Wildman–Crippen MR) is 59.6 cm³/mol. The van der Waals surface area contributed by atoms with Gasteiger partial charge in [0.05, 0.1) is 0 Å². The molecule has 0 saturated heterocycles. The molecule has 0 radical (unpaired) electrons. The summed E-state index contributed by atoms with van der Waals surface area (Å²) in [5, 5.41) is 0. The van der Waals surface area contributed by atoms with E-state index in [4.69, 9.17) is 0 Å². The molecule has 1 rings (SSSR count). The fourth-order valence-electron chi connectivity index (χ4n) is 1.51. The Kier molecular flexibility index (Phi) is 3.30. The Labute approximate surface area is 81.4 Å². The van der Waals surface area contributed by atoms with Crippen LogP contribution in [0.4, 0.5) is 0 Å². The second-order valence-electron chi connectivity index (χ2n) is 3.96. The quantitative estimate of drug-likeness (QED) is 0.554. The monoisotopic (exact) mass is 174 g/mol. The van der Waals surface area contributed by atoms with Crippen LogP contribution in [-0.2, 0) is 0 Å². The van der Waals surface area contributed by atoms with E-state index in [1.807, 2.05) is 6.92 Å². The second kappa shape index (κ2) is 4.27. The smallest absolute Gasteiger partial charge is 0.0221 e. The number of hydrogen-bond donors (Lipinski definition) is 0. The highest BCUT2D eigenvalue weighted by molar-refractivity contribution is 5.40. The molecule has 0 heteroatoms. The average Bonchev–Trinajstić information content (AvgIpc) is 2.02. The summed E-state index contributed by atoms with van der Waals surface area (Å²) in [6.07, 6.45) is 9.89. The lowest BCUT2D eigenvalue weighted by Gasteiger charge is -2.14. The molecule has 0 nitrogen and oxygen atoms in total. The molecule has 1 aliphatic carbocycles. The third-order valence-corrected chi connectivity index (χ3v) is 2.27. The molecule has 0 saturated carbocycles. The van der Waals surface area contributed by atoms with E-state index in [-0.39, 0.29) is 0 Å². The third-order valence-electron chi connectivity index (χ3n) is 2.27. The largest absolute Gasteiger partial charge is 0.0961 e. The molecule has 70 valence electrons. The van der Waals surface area contributed by atoms with Gasteiger partial charge in [-0.1, -0.05) is 49.0 Å². The van der Waals surface area contributed by atoms with Gasteiger partial charge >= 0.3 is 0 Å². The maximum atomic E-state index is 3.85. The summed E-state index contributed by atoms with van der Waals surface area (Å²) >= 11 is 0. The van der Waals surface area contributed by atoms with E-state index in [0.717, 1.165) is 5.57 Å². The van der Waals surface area contributed by atoms with Crippen molar-refractivity contribution in [3.8, 4) is 0 Å². The zero-order valence-corrected chi connectivity index (χ0v) is 8.80. The van der Waals surface area contributed by atoms with Gasteiger partial charge in [-0.25, -0.2) is 0 Å². The van der Waals surface area contributed by atoms with E-state index >= 15 is 0 Å². The van der Waals surface area contributed by atoms with Gasteiger partial charge in [-0.3, -0.25) is 0 Å². The van der Waals surface area contributed by atoms with Gasteiger partial charge in [0.1, 0.15) is 0 Å². The first-order chi connectivity index (χ1) is 6.09. The molecule has 1 aliphatic rings. The van der Waals surface area contributed by atoms with Gasteiger partial charge in [0.15, 0.2) is 0 Å². The van der Waals surface area contributed by atoms with Gasteiger partial charge in [0.2, 0.25) is 0 Å². The summed E-state index contributed by atoms with van der Waals surface area (Å²) < 4.78 is 0. The first-order valence-electron chi connectivity index (χ1n) is 4.81. The topological polar surface area (TPSA) is 0 Å². The van der Waals surface area contributed by atoms with Gasteiger partial charge in [-0.15, -0.1) is 0 Å². The Morgan fingerprint density at radius 1 is 1.62 bits per heavy atom. The summed E-state index contributed by atoms with van der Waals surface area (Å²) in [5.41, 5.74) is 3.93.